The van der Waals surface area contributed by atoms with Gasteiger partial charge in [0.2, 0.25) is 0 Å². The average Bonchev–Trinajstić information content (AvgIpc) is 2.79. The van der Waals surface area contributed by atoms with E-state index in [0.29, 0.717) is 6.04 Å². The minimum atomic E-state index is 0.611. The van der Waals surface area contributed by atoms with Crippen molar-refractivity contribution in [3.05, 3.63) is 46.7 Å². The third kappa shape index (κ3) is 2.45. The van der Waals surface area contributed by atoms with Gasteiger partial charge in [-0.25, -0.2) is 0 Å². The van der Waals surface area contributed by atoms with Crippen LogP contribution in [0.25, 0.3) is 0 Å². The van der Waals surface area contributed by atoms with Gasteiger partial charge in [-0.3, -0.25) is 0 Å². The molecular weight excluding hydrogens is 218 g/mol. The van der Waals surface area contributed by atoms with Crippen molar-refractivity contribution in [1.29, 1.82) is 0 Å². The molecule has 0 N–H and O–H groups in total. The molecule has 1 nitrogen and oxygen atoms in total. The van der Waals surface area contributed by atoms with E-state index in [2.05, 4.69) is 51.4 Å². The highest BCUT2D eigenvalue weighted by molar-refractivity contribution is 5.37. The van der Waals surface area contributed by atoms with Crippen LogP contribution in [-0.2, 0) is 0 Å². The molecule has 0 saturated carbocycles. The van der Waals surface area contributed by atoms with E-state index in [-0.39, 0.29) is 0 Å². The molecule has 0 aromatic heterocycles. The van der Waals surface area contributed by atoms with Gasteiger partial charge in [-0.15, -0.1) is 0 Å². The van der Waals surface area contributed by atoms with Gasteiger partial charge in [-0.2, -0.15) is 0 Å². The lowest BCUT2D eigenvalue weighted by molar-refractivity contribution is 0.317. The molecule has 2 rings (SSSR count). The summed E-state index contributed by atoms with van der Waals surface area (Å²) in [6, 6.07) is 0.611. The Hall–Kier alpha value is -1.24. The normalized spacial score (nSPS) is 21.9. The first-order valence-electron chi connectivity index (χ1n) is 6.94. The molecule has 18 heavy (non-hydrogen) atoms. The molecule has 0 amide bonds. The molecule has 0 aliphatic heterocycles. The third-order valence-corrected chi connectivity index (χ3v) is 4.48. The van der Waals surface area contributed by atoms with Crippen LogP contribution in [0.2, 0.25) is 0 Å². The van der Waals surface area contributed by atoms with Crippen molar-refractivity contribution in [2.45, 2.75) is 52.5 Å². The molecular formula is C17H25N. The maximum Gasteiger partial charge on any atom is 0.0364 e. The Kier molecular flexibility index (Phi) is 3.79. The molecule has 1 unspecified atom stereocenters. The second-order valence-corrected chi connectivity index (χ2v) is 5.81. The number of nitrogens with zero attached hydrogens (tertiary/aromatic N) is 1. The Bertz CT molecular complexity index is 444. The predicted molar refractivity (Wildman–Crippen MR) is 79.4 cm³/mol. The van der Waals surface area contributed by atoms with Crippen LogP contribution in [0.5, 0.6) is 0 Å². The Balaban J connectivity index is 2.05. The smallest absolute Gasteiger partial charge is 0.0364 e. The van der Waals surface area contributed by atoms with E-state index in [1.807, 2.05) is 0 Å². The quantitative estimate of drug-likeness (QED) is 0.655. The lowest BCUT2D eigenvalue weighted by atomic mass is 10.0. The SMILES string of the molecule is C=C(C(C)=C(C)C)N(C)C1CC2=C(CCC=C2)C1. The minimum absolute atomic E-state index is 0.611. The van der Waals surface area contributed by atoms with Crippen LogP contribution >= 0.6 is 0 Å². The molecule has 0 fully saturated rings. The van der Waals surface area contributed by atoms with Crippen molar-refractivity contribution >= 4 is 0 Å². The van der Waals surface area contributed by atoms with Gasteiger partial charge >= 0.3 is 0 Å². The Morgan fingerprint density at radius 3 is 2.61 bits per heavy atom. The van der Waals surface area contributed by atoms with Gasteiger partial charge in [0.05, 0.1) is 0 Å². The first-order chi connectivity index (χ1) is 8.50. The standard InChI is InChI=1S/C17H25N/c1-12(2)13(3)14(4)18(5)17-10-15-8-6-7-9-16(15)11-17/h6,8,17H,4,7,9-11H2,1-3,5H3. The van der Waals surface area contributed by atoms with E-state index in [0.717, 1.165) is 0 Å². The zero-order valence-electron chi connectivity index (χ0n) is 12.2. The molecule has 0 heterocycles. The molecule has 0 radical (unpaired) electrons. The van der Waals surface area contributed by atoms with Crippen LogP contribution in [0.3, 0.4) is 0 Å². The van der Waals surface area contributed by atoms with Crippen molar-refractivity contribution in [2.75, 3.05) is 7.05 Å². The van der Waals surface area contributed by atoms with E-state index in [9.17, 15) is 0 Å². The molecule has 0 aromatic carbocycles. The molecule has 0 aromatic rings. The minimum Gasteiger partial charge on any atom is -0.371 e. The maximum absolute atomic E-state index is 4.27. The van der Waals surface area contributed by atoms with Gasteiger partial charge in [0.15, 0.2) is 0 Å². The first kappa shape index (κ1) is 13.2. The number of hydrogen-bond acceptors (Lipinski definition) is 1. The van der Waals surface area contributed by atoms with E-state index in [1.165, 1.54) is 42.5 Å². The molecule has 1 heteroatoms. The lowest BCUT2D eigenvalue weighted by Crippen LogP contribution is -2.29. The van der Waals surface area contributed by atoms with Crippen molar-refractivity contribution in [1.82, 2.24) is 4.90 Å². The van der Waals surface area contributed by atoms with Crippen LogP contribution in [0.1, 0.15) is 46.5 Å². The van der Waals surface area contributed by atoms with Gasteiger partial charge in [-0.05, 0) is 57.6 Å². The summed E-state index contributed by atoms with van der Waals surface area (Å²) in [5, 5.41) is 0. The monoisotopic (exact) mass is 243 g/mol. The maximum atomic E-state index is 4.27. The lowest BCUT2D eigenvalue weighted by Gasteiger charge is -2.30. The fourth-order valence-electron chi connectivity index (χ4n) is 2.86. The molecule has 2 aliphatic rings. The summed E-state index contributed by atoms with van der Waals surface area (Å²) >= 11 is 0. The second kappa shape index (κ2) is 5.17. The molecule has 1 atom stereocenters. The average molecular weight is 243 g/mol. The molecule has 0 spiro atoms. The largest absolute Gasteiger partial charge is 0.371 e. The third-order valence-electron chi connectivity index (χ3n) is 4.48. The highest BCUT2D eigenvalue weighted by Gasteiger charge is 2.27. The summed E-state index contributed by atoms with van der Waals surface area (Å²) in [4.78, 5) is 2.38. The Morgan fingerprint density at radius 1 is 1.28 bits per heavy atom. The summed E-state index contributed by atoms with van der Waals surface area (Å²) in [5.41, 5.74) is 7.14. The first-order valence-corrected chi connectivity index (χ1v) is 6.94. The van der Waals surface area contributed by atoms with Crippen LogP contribution in [0.4, 0.5) is 0 Å². The fraction of sp³-hybridized carbons (Fsp3) is 0.529. The number of hydrogen-bond donors (Lipinski definition) is 0. The Labute approximate surface area is 112 Å². The van der Waals surface area contributed by atoms with Crippen molar-refractivity contribution in [3.63, 3.8) is 0 Å². The summed E-state index contributed by atoms with van der Waals surface area (Å²) < 4.78 is 0. The Morgan fingerprint density at radius 2 is 2.00 bits per heavy atom. The summed E-state index contributed by atoms with van der Waals surface area (Å²) in [6.07, 6.45) is 9.57. The highest BCUT2D eigenvalue weighted by atomic mass is 15.1. The van der Waals surface area contributed by atoms with Crippen LogP contribution in [0, 0.1) is 0 Å². The van der Waals surface area contributed by atoms with Gasteiger partial charge in [-0.1, -0.05) is 29.9 Å². The van der Waals surface area contributed by atoms with Crippen LogP contribution < -0.4 is 0 Å². The van der Waals surface area contributed by atoms with Crippen molar-refractivity contribution in [3.8, 4) is 0 Å². The summed E-state index contributed by atoms with van der Waals surface area (Å²) in [7, 11) is 2.20. The van der Waals surface area contributed by atoms with E-state index in [1.54, 1.807) is 11.1 Å². The van der Waals surface area contributed by atoms with Gasteiger partial charge in [0.25, 0.3) is 0 Å². The van der Waals surface area contributed by atoms with Crippen molar-refractivity contribution < 1.29 is 0 Å². The molecule has 2 aliphatic carbocycles. The fourth-order valence-corrected chi connectivity index (χ4v) is 2.86. The van der Waals surface area contributed by atoms with E-state index in [4.69, 9.17) is 0 Å². The van der Waals surface area contributed by atoms with Crippen LogP contribution in [0.15, 0.2) is 46.7 Å². The zero-order chi connectivity index (χ0) is 13.3. The van der Waals surface area contributed by atoms with Gasteiger partial charge < -0.3 is 4.90 Å². The van der Waals surface area contributed by atoms with E-state index < -0.39 is 0 Å². The molecule has 0 saturated heterocycles. The molecule has 98 valence electrons. The molecule has 0 bridgehead atoms. The number of rotatable bonds is 3. The predicted octanol–water partition coefficient (Wildman–Crippen LogP) is 4.60. The highest BCUT2D eigenvalue weighted by Crippen LogP contribution is 2.37. The number of likely N-dealkylation sites (N-methyl/N-ethyl adjacent to an activating group) is 1. The van der Waals surface area contributed by atoms with Crippen molar-refractivity contribution in [2.24, 2.45) is 0 Å². The van der Waals surface area contributed by atoms with Gasteiger partial charge in [0, 0.05) is 18.8 Å². The van der Waals surface area contributed by atoms with E-state index >= 15 is 0 Å². The summed E-state index contributed by atoms with van der Waals surface area (Å²) in [6.45, 7) is 10.8. The topological polar surface area (TPSA) is 3.24 Å². The summed E-state index contributed by atoms with van der Waals surface area (Å²) in [5.74, 6) is 0. The van der Waals surface area contributed by atoms with Crippen LogP contribution in [-0.4, -0.2) is 18.0 Å². The number of allylic oxidation sites excluding steroid dienone is 4. The zero-order valence-corrected chi connectivity index (χ0v) is 12.2. The van der Waals surface area contributed by atoms with Gasteiger partial charge in [0.1, 0.15) is 0 Å². The second-order valence-electron chi connectivity index (χ2n) is 5.81.